The summed E-state index contributed by atoms with van der Waals surface area (Å²) in [4.78, 5) is 14.0. The first kappa shape index (κ1) is 17.1. The van der Waals surface area contributed by atoms with E-state index < -0.39 is 0 Å². The molecule has 0 saturated carbocycles. The van der Waals surface area contributed by atoms with Gasteiger partial charge in [0.2, 0.25) is 0 Å². The third kappa shape index (κ3) is 4.42. The van der Waals surface area contributed by atoms with Crippen LogP contribution in [-0.2, 0) is 20.2 Å². The molecule has 0 aliphatic heterocycles. The van der Waals surface area contributed by atoms with Gasteiger partial charge >= 0.3 is 0 Å². The highest BCUT2D eigenvalue weighted by molar-refractivity contribution is 6.30. The van der Waals surface area contributed by atoms with Crippen LogP contribution in [0.3, 0.4) is 0 Å². The third-order valence-electron chi connectivity index (χ3n) is 3.58. The summed E-state index contributed by atoms with van der Waals surface area (Å²) in [6, 6.07) is 12.3. The average molecular weight is 360 g/mol. The summed E-state index contributed by atoms with van der Waals surface area (Å²) in [6.45, 7) is 0.649. The molecule has 2 heterocycles. The number of aryl methyl sites for hydroxylation is 1. The highest BCUT2D eigenvalue weighted by atomic mass is 35.5. The van der Waals surface area contributed by atoms with Crippen molar-refractivity contribution in [1.29, 1.82) is 0 Å². The predicted octanol–water partition coefficient (Wildman–Crippen LogP) is 3.52. The summed E-state index contributed by atoms with van der Waals surface area (Å²) in [6.07, 6.45) is 1.84. The smallest absolute Gasteiger partial charge is 0.289 e. The summed E-state index contributed by atoms with van der Waals surface area (Å²) >= 11 is 5.83. The Morgan fingerprint density at radius 1 is 1.24 bits per heavy atom. The summed E-state index contributed by atoms with van der Waals surface area (Å²) in [5, 5.41) is 4.91. The fourth-order valence-electron chi connectivity index (χ4n) is 2.31. The van der Waals surface area contributed by atoms with Gasteiger partial charge in [-0.3, -0.25) is 9.48 Å². The molecule has 0 fully saturated rings. The first-order chi connectivity index (χ1) is 12.0. The average Bonchev–Trinajstić information content (AvgIpc) is 3.23. The fraction of sp³-hybridized carbons (Fsp3) is 0.222. The van der Waals surface area contributed by atoms with E-state index in [0.717, 1.165) is 5.69 Å². The Kier molecular flexibility index (Phi) is 5.09. The van der Waals surface area contributed by atoms with Crippen LogP contribution in [0.2, 0.25) is 5.02 Å². The zero-order valence-corrected chi connectivity index (χ0v) is 14.7. The van der Waals surface area contributed by atoms with Crippen molar-refractivity contribution in [2.45, 2.75) is 13.2 Å². The highest BCUT2D eigenvalue weighted by Crippen LogP contribution is 2.18. The van der Waals surface area contributed by atoms with Crippen LogP contribution in [0, 0.1) is 0 Å². The Balaban J connectivity index is 1.58. The second kappa shape index (κ2) is 7.44. The number of amides is 1. The Labute approximate surface area is 150 Å². The second-order valence-electron chi connectivity index (χ2n) is 5.65. The minimum atomic E-state index is -0.205. The van der Waals surface area contributed by atoms with E-state index in [-0.39, 0.29) is 18.3 Å². The molecule has 0 unspecified atom stereocenters. The van der Waals surface area contributed by atoms with Crippen LogP contribution in [0.5, 0.6) is 5.75 Å². The molecule has 0 bridgehead atoms. The fourth-order valence-corrected chi connectivity index (χ4v) is 2.43. The molecule has 3 aromatic rings. The molecule has 2 aromatic heterocycles. The van der Waals surface area contributed by atoms with Crippen molar-refractivity contribution in [1.82, 2.24) is 14.7 Å². The summed E-state index contributed by atoms with van der Waals surface area (Å²) in [5.41, 5.74) is 0.816. The molecule has 0 spiro atoms. The molecule has 7 heteroatoms. The second-order valence-corrected chi connectivity index (χ2v) is 6.09. The molecular weight excluding hydrogens is 342 g/mol. The van der Waals surface area contributed by atoms with E-state index in [9.17, 15) is 4.79 Å². The largest absolute Gasteiger partial charge is 0.486 e. The summed E-state index contributed by atoms with van der Waals surface area (Å²) in [5.74, 6) is 1.32. The van der Waals surface area contributed by atoms with Gasteiger partial charge in [-0.15, -0.1) is 0 Å². The van der Waals surface area contributed by atoms with E-state index in [2.05, 4.69) is 5.10 Å². The molecule has 3 rings (SSSR count). The number of aromatic nitrogens is 2. The molecule has 6 nitrogen and oxygen atoms in total. The monoisotopic (exact) mass is 359 g/mol. The standard InChI is InChI=1S/C18H18ClN3O3/c1-21(11-14-9-10-22(2)20-14)18(23)17-8-7-16(25-17)12-24-15-5-3-13(19)4-6-15/h3-10H,11-12H2,1-2H3. The molecule has 0 radical (unpaired) electrons. The van der Waals surface area contributed by atoms with Gasteiger partial charge in [0, 0.05) is 25.3 Å². The van der Waals surface area contributed by atoms with Crippen molar-refractivity contribution in [3.8, 4) is 5.75 Å². The van der Waals surface area contributed by atoms with Crippen LogP contribution >= 0.6 is 11.6 Å². The Bertz CT molecular complexity index is 855. The summed E-state index contributed by atoms with van der Waals surface area (Å²) in [7, 11) is 3.55. The number of ether oxygens (including phenoxy) is 1. The molecule has 0 saturated heterocycles. The van der Waals surface area contributed by atoms with Crippen molar-refractivity contribution in [3.05, 3.63) is 70.9 Å². The highest BCUT2D eigenvalue weighted by Gasteiger charge is 2.17. The van der Waals surface area contributed by atoms with Gasteiger partial charge in [0.15, 0.2) is 5.76 Å². The molecule has 25 heavy (non-hydrogen) atoms. The minimum Gasteiger partial charge on any atom is -0.486 e. The molecule has 0 aliphatic carbocycles. The topological polar surface area (TPSA) is 60.5 Å². The van der Waals surface area contributed by atoms with Gasteiger partial charge in [-0.25, -0.2) is 0 Å². The van der Waals surface area contributed by atoms with E-state index in [1.165, 1.54) is 0 Å². The Hall–Kier alpha value is -2.73. The number of benzene rings is 1. The van der Waals surface area contributed by atoms with Crippen LogP contribution in [0.25, 0.3) is 0 Å². The summed E-state index contributed by atoms with van der Waals surface area (Å²) < 4.78 is 12.9. The van der Waals surface area contributed by atoms with Crippen molar-refractivity contribution in [2.75, 3.05) is 7.05 Å². The number of halogens is 1. The molecule has 1 amide bonds. The maximum absolute atomic E-state index is 12.4. The van der Waals surface area contributed by atoms with E-state index in [1.807, 2.05) is 19.3 Å². The van der Waals surface area contributed by atoms with E-state index in [4.69, 9.17) is 20.8 Å². The van der Waals surface area contributed by atoms with Gasteiger partial charge in [-0.05, 0) is 42.5 Å². The minimum absolute atomic E-state index is 0.205. The molecule has 0 aliphatic rings. The van der Waals surface area contributed by atoms with Crippen LogP contribution in [-0.4, -0.2) is 27.6 Å². The first-order valence-corrected chi connectivity index (χ1v) is 8.10. The third-order valence-corrected chi connectivity index (χ3v) is 3.83. The lowest BCUT2D eigenvalue weighted by Crippen LogP contribution is -2.26. The number of carbonyl (C=O) groups is 1. The zero-order valence-electron chi connectivity index (χ0n) is 14.0. The van der Waals surface area contributed by atoms with Crippen LogP contribution in [0.1, 0.15) is 22.0 Å². The van der Waals surface area contributed by atoms with Crippen LogP contribution < -0.4 is 4.74 Å². The predicted molar refractivity (Wildman–Crippen MR) is 93.5 cm³/mol. The van der Waals surface area contributed by atoms with Crippen molar-refractivity contribution >= 4 is 17.5 Å². The quantitative estimate of drug-likeness (QED) is 0.675. The lowest BCUT2D eigenvalue weighted by atomic mass is 10.3. The molecule has 130 valence electrons. The van der Waals surface area contributed by atoms with Gasteiger partial charge in [0.1, 0.15) is 18.1 Å². The maximum Gasteiger partial charge on any atom is 0.289 e. The van der Waals surface area contributed by atoms with Gasteiger partial charge in [0.05, 0.1) is 12.2 Å². The van der Waals surface area contributed by atoms with Crippen molar-refractivity contribution in [3.63, 3.8) is 0 Å². The Morgan fingerprint density at radius 2 is 2.00 bits per heavy atom. The lowest BCUT2D eigenvalue weighted by Gasteiger charge is -2.14. The normalized spacial score (nSPS) is 10.7. The van der Waals surface area contributed by atoms with Gasteiger partial charge in [-0.1, -0.05) is 11.6 Å². The van der Waals surface area contributed by atoms with Crippen LogP contribution in [0.4, 0.5) is 0 Å². The van der Waals surface area contributed by atoms with Gasteiger partial charge < -0.3 is 14.1 Å². The van der Waals surface area contributed by atoms with Crippen LogP contribution in [0.15, 0.2) is 53.1 Å². The van der Waals surface area contributed by atoms with E-state index in [1.54, 1.807) is 53.0 Å². The first-order valence-electron chi connectivity index (χ1n) is 7.72. The molecule has 0 N–H and O–H groups in total. The number of furan rings is 1. The molecule has 1 aromatic carbocycles. The van der Waals surface area contributed by atoms with E-state index in [0.29, 0.717) is 23.1 Å². The maximum atomic E-state index is 12.4. The number of rotatable bonds is 6. The zero-order chi connectivity index (χ0) is 17.8. The Morgan fingerprint density at radius 3 is 2.68 bits per heavy atom. The molecular formula is C18H18ClN3O3. The molecule has 0 atom stereocenters. The number of hydrogen-bond acceptors (Lipinski definition) is 4. The number of carbonyl (C=O) groups excluding carboxylic acids is 1. The number of hydrogen-bond donors (Lipinski definition) is 0. The van der Waals surface area contributed by atoms with Gasteiger partial charge in [-0.2, -0.15) is 5.10 Å². The number of nitrogens with zero attached hydrogens (tertiary/aromatic N) is 3. The van der Waals surface area contributed by atoms with Crippen molar-refractivity contribution < 1.29 is 13.9 Å². The van der Waals surface area contributed by atoms with E-state index >= 15 is 0 Å². The van der Waals surface area contributed by atoms with Crippen molar-refractivity contribution in [2.24, 2.45) is 7.05 Å². The SMILES string of the molecule is CN(Cc1ccn(C)n1)C(=O)c1ccc(COc2ccc(Cl)cc2)o1. The lowest BCUT2D eigenvalue weighted by molar-refractivity contribution is 0.0747. The van der Waals surface area contributed by atoms with Gasteiger partial charge in [0.25, 0.3) is 5.91 Å².